The zero-order valence-corrected chi connectivity index (χ0v) is 8.77. The number of halogens is 3. The number of rotatable bonds is 2. The van der Waals surface area contributed by atoms with Gasteiger partial charge in [0.25, 0.3) is 0 Å². The van der Waals surface area contributed by atoms with E-state index in [1.165, 1.54) is 0 Å². The maximum absolute atomic E-state index is 12.4. The van der Waals surface area contributed by atoms with E-state index in [0.29, 0.717) is 12.2 Å². The Labute approximate surface area is 91.2 Å². The fourth-order valence-corrected chi connectivity index (χ4v) is 2.37. The van der Waals surface area contributed by atoms with E-state index in [4.69, 9.17) is 5.73 Å². The molecule has 0 unspecified atom stereocenters. The van der Waals surface area contributed by atoms with Crippen molar-refractivity contribution in [2.75, 3.05) is 6.54 Å². The molecule has 0 atom stereocenters. The van der Waals surface area contributed by atoms with Crippen LogP contribution in [0.4, 0.5) is 13.2 Å². The number of hydrogen-bond acceptors (Lipinski definition) is 2. The highest BCUT2D eigenvalue weighted by atomic mass is 19.4. The molecule has 0 radical (unpaired) electrons. The maximum atomic E-state index is 12.4. The molecule has 16 heavy (non-hydrogen) atoms. The summed E-state index contributed by atoms with van der Waals surface area (Å²) in [5, 5.41) is 5.82. The fraction of sp³-hybridized carbons (Fsp3) is 0.700. The van der Waals surface area contributed by atoms with Crippen LogP contribution in [0.5, 0.6) is 0 Å². The van der Waals surface area contributed by atoms with E-state index in [1.54, 1.807) is 0 Å². The Morgan fingerprint density at radius 2 is 2.00 bits per heavy atom. The first kappa shape index (κ1) is 11.4. The second kappa shape index (κ2) is 3.76. The molecule has 0 amide bonds. The molecule has 0 aromatic carbocycles. The molecule has 1 aliphatic rings. The number of H-pyrrole nitrogens is 1. The third-order valence-electron chi connectivity index (χ3n) is 3.39. The van der Waals surface area contributed by atoms with Crippen molar-refractivity contribution in [3.8, 4) is 0 Å². The van der Waals surface area contributed by atoms with Crippen molar-refractivity contribution in [2.45, 2.75) is 37.3 Å². The molecule has 1 fully saturated rings. The lowest BCUT2D eigenvalue weighted by Gasteiger charge is -2.25. The highest BCUT2D eigenvalue weighted by Gasteiger charge is 2.40. The van der Waals surface area contributed by atoms with Gasteiger partial charge in [-0.3, -0.25) is 5.10 Å². The Morgan fingerprint density at radius 3 is 2.44 bits per heavy atom. The highest BCUT2D eigenvalue weighted by Crippen LogP contribution is 2.40. The second-order valence-electron chi connectivity index (χ2n) is 4.36. The lowest BCUT2D eigenvalue weighted by Crippen LogP contribution is -2.32. The van der Waals surface area contributed by atoms with Gasteiger partial charge in [0.1, 0.15) is 0 Å². The summed E-state index contributed by atoms with van der Waals surface area (Å²) in [6.45, 7) is 0.368. The molecule has 2 rings (SSSR count). The molecular formula is C10H14F3N3. The monoisotopic (exact) mass is 233 g/mol. The van der Waals surface area contributed by atoms with Gasteiger partial charge in [-0.05, 0) is 18.9 Å². The lowest BCUT2D eigenvalue weighted by molar-refractivity contribution is -0.141. The molecule has 90 valence electrons. The Morgan fingerprint density at radius 1 is 1.38 bits per heavy atom. The predicted molar refractivity (Wildman–Crippen MR) is 52.8 cm³/mol. The molecular weight excluding hydrogens is 219 g/mol. The minimum absolute atomic E-state index is 0.323. The minimum Gasteiger partial charge on any atom is -0.330 e. The highest BCUT2D eigenvalue weighted by molar-refractivity contribution is 5.22. The molecule has 0 aliphatic heterocycles. The van der Waals surface area contributed by atoms with Crippen molar-refractivity contribution < 1.29 is 13.2 Å². The molecule has 6 heteroatoms. The van der Waals surface area contributed by atoms with Gasteiger partial charge in [-0.1, -0.05) is 12.8 Å². The van der Waals surface area contributed by atoms with Crippen molar-refractivity contribution in [2.24, 2.45) is 5.73 Å². The molecule has 0 bridgehead atoms. The Balaban J connectivity index is 2.30. The molecule has 0 saturated heterocycles. The van der Waals surface area contributed by atoms with Crippen LogP contribution in [0.3, 0.4) is 0 Å². The summed E-state index contributed by atoms with van der Waals surface area (Å²) >= 11 is 0. The van der Waals surface area contributed by atoms with Gasteiger partial charge in [0.05, 0.1) is 0 Å². The molecule has 3 N–H and O–H groups in total. The summed E-state index contributed by atoms with van der Waals surface area (Å²) in [4.78, 5) is 0. The van der Waals surface area contributed by atoms with E-state index in [1.807, 2.05) is 0 Å². The van der Waals surface area contributed by atoms with Crippen LogP contribution in [0, 0.1) is 0 Å². The maximum Gasteiger partial charge on any atom is 0.435 e. The molecule has 1 aliphatic carbocycles. The first-order valence-electron chi connectivity index (χ1n) is 5.31. The summed E-state index contributed by atoms with van der Waals surface area (Å²) in [6.07, 6.45) is -0.690. The van der Waals surface area contributed by atoms with E-state index in [0.717, 1.165) is 31.7 Å². The molecule has 1 heterocycles. The fourth-order valence-electron chi connectivity index (χ4n) is 2.37. The zero-order valence-electron chi connectivity index (χ0n) is 8.77. The predicted octanol–water partition coefficient (Wildman–Crippen LogP) is 2.20. The lowest BCUT2D eigenvalue weighted by atomic mass is 9.83. The minimum atomic E-state index is -4.39. The summed E-state index contributed by atoms with van der Waals surface area (Å²) in [5.41, 5.74) is 5.04. The van der Waals surface area contributed by atoms with E-state index >= 15 is 0 Å². The number of aromatic amines is 1. The van der Waals surface area contributed by atoms with Gasteiger partial charge in [-0.25, -0.2) is 0 Å². The summed E-state index contributed by atoms with van der Waals surface area (Å²) in [6, 6.07) is 1.10. The van der Waals surface area contributed by atoms with E-state index in [2.05, 4.69) is 10.2 Å². The van der Waals surface area contributed by atoms with Gasteiger partial charge in [-0.15, -0.1) is 0 Å². The van der Waals surface area contributed by atoms with Gasteiger partial charge in [0, 0.05) is 17.7 Å². The van der Waals surface area contributed by atoms with Crippen LogP contribution in [0.25, 0.3) is 0 Å². The Kier molecular flexibility index (Phi) is 2.69. The zero-order chi connectivity index (χ0) is 11.8. The second-order valence-corrected chi connectivity index (χ2v) is 4.36. The van der Waals surface area contributed by atoms with Crippen LogP contribution in [-0.2, 0) is 11.6 Å². The van der Waals surface area contributed by atoms with Crippen molar-refractivity contribution in [3.63, 3.8) is 0 Å². The standard InChI is InChI=1S/C10H14F3N3/c11-10(12,13)8-5-7(15-16-8)9(6-14)3-1-2-4-9/h5H,1-4,6,14H2,(H,15,16). The smallest absolute Gasteiger partial charge is 0.330 e. The topological polar surface area (TPSA) is 54.7 Å². The van der Waals surface area contributed by atoms with Gasteiger partial charge in [-0.2, -0.15) is 18.3 Å². The van der Waals surface area contributed by atoms with Crippen molar-refractivity contribution in [1.82, 2.24) is 10.2 Å². The normalized spacial score (nSPS) is 20.2. The summed E-state index contributed by atoms with van der Waals surface area (Å²) < 4.78 is 37.2. The van der Waals surface area contributed by atoms with Crippen LogP contribution in [0.15, 0.2) is 6.07 Å². The third-order valence-corrected chi connectivity index (χ3v) is 3.39. The van der Waals surface area contributed by atoms with Gasteiger partial charge < -0.3 is 5.73 Å². The van der Waals surface area contributed by atoms with Crippen molar-refractivity contribution in [3.05, 3.63) is 17.5 Å². The number of nitrogens with two attached hydrogens (primary N) is 1. The molecule has 1 saturated carbocycles. The summed E-state index contributed by atoms with van der Waals surface area (Å²) in [5.74, 6) is 0. The number of alkyl halides is 3. The van der Waals surface area contributed by atoms with Gasteiger partial charge in [0.15, 0.2) is 5.69 Å². The number of hydrogen-bond donors (Lipinski definition) is 2. The van der Waals surface area contributed by atoms with Crippen molar-refractivity contribution in [1.29, 1.82) is 0 Å². The quantitative estimate of drug-likeness (QED) is 0.822. The van der Waals surface area contributed by atoms with E-state index in [-0.39, 0.29) is 5.41 Å². The van der Waals surface area contributed by atoms with Crippen LogP contribution in [0.2, 0.25) is 0 Å². The van der Waals surface area contributed by atoms with Crippen molar-refractivity contribution >= 4 is 0 Å². The number of nitrogens with zero attached hydrogens (tertiary/aromatic N) is 1. The van der Waals surface area contributed by atoms with Gasteiger partial charge in [0.2, 0.25) is 0 Å². The van der Waals surface area contributed by atoms with E-state index < -0.39 is 11.9 Å². The third kappa shape index (κ3) is 1.81. The molecule has 3 nitrogen and oxygen atoms in total. The number of aromatic nitrogens is 2. The van der Waals surface area contributed by atoms with Crippen LogP contribution < -0.4 is 5.73 Å². The van der Waals surface area contributed by atoms with Crippen LogP contribution >= 0.6 is 0 Å². The molecule has 1 aromatic heterocycles. The first-order chi connectivity index (χ1) is 7.48. The Hall–Kier alpha value is -1.04. The van der Waals surface area contributed by atoms with Gasteiger partial charge >= 0.3 is 6.18 Å². The Bertz CT molecular complexity index is 364. The average molecular weight is 233 g/mol. The average Bonchev–Trinajstić information content (AvgIpc) is 2.86. The number of nitrogens with one attached hydrogen (secondary N) is 1. The molecule has 1 aromatic rings. The molecule has 0 spiro atoms. The summed E-state index contributed by atoms with van der Waals surface area (Å²) in [7, 11) is 0. The van der Waals surface area contributed by atoms with E-state index in [9.17, 15) is 13.2 Å². The SMILES string of the molecule is NCC1(c2cc(C(F)(F)F)n[nH]2)CCCC1. The largest absolute Gasteiger partial charge is 0.435 e. The van der Waals surface area contributed by atoms with Crippen LogP contribution in [-0.4, -0.2) is 16.7 Å². The van der Waals surface area contributed by atoms with Crippen LogP contribution in [0.1, 0.15) is 37.1 Å². The first-order valence-corrected chi connectivity index (χ1v) is 5.31.